The molecule has 39 heavy (non-hydrogen) atoms. The largest absolute Gasteiger partial charge is 0.444 e. The molecule has 1 aliphatic rings. The van der Waals surface area contributed by atoms with Crippen molar-refractivity contribution in [2.75, 3.05) is 29.9 Å². The molecule has 2 atom stereocenters. The number of rotatable bonds is 8. The summed E-state index contributed by atoms with van der Waals surface area (Å²) in [5, 5.41) is 3.64. The second-order valence-electron chi connectivity index (χ2n) is 11.3. The van der Waals surface area contributed by atoms with Gasteiger partial charge in [-0.1, -0.05) is 60.1 Å². The molecule has 7 heteroatoms. The molecule has 1 fully saturated rings. The van der Waals surface area contributed by atoms with Crippen LogP contribution in [0.5, 0.6) is 0 Å². The molecule has 1 heterocycles. The summed E-state index contributed by atoms with van der Waals surface area (Å²) in [5.41, 5.74) is 3.56. The van der Waals surface area contributed by atoms with Crippen molar-refractivity contribution in [3.05, 3.63) is 95.0 Å². The van der Waals surface area contributed by atoms with Crippen molar-refractivity contribution in [3.8, 4) is 0 Å². The average Bonchev–Trinajstić information content (AvgIpc) is 3.27. The van der Waals surface area contributed by atoms with Gasteiger partial charge in [0, 0.05) is 49.5 Å². The van der Waals surface area contributed by atoms with Crippen LogP contribution in [-0.4, -0.2) is 42.1 Å². The average molecular weight is 548 g/mol. The van der Waals surface area contributed by atoms with E-state index in [-0.39, 0.29) is 23.8 Å². The van der Waals surface area contributed by atoms with E-state index in [1.165, 1.54) is 12.5 Å². The molecule has 4 rings (SSSR count). The first-order valence-electron chi connectivity index (χ1n) is 13.5. The summed E-state index contributed by atoms with van der Waals surface area (Å²) >= 11 is 6.23. The minimum Gasteiger partial charge on any atom is -0.444 e. The molecular weight excluding hydrogens is 510 g/mol. The molecule has 6 nitrogen and oxygen atoms in total. The third-order valence-corrected chi connectivity index (χ3v) is 7.16. The lowest BCUT2D eigenvalue weighted by atomic mass is 9.89. The highest BCUT2D eigenvalue weighted by atomic mass is 35.5. The Morgan fingerprint density at radius 3 is 2.26 bits per heavy atom. The SMILES string of the molecule is CC(=O)Nc1ccccc1CN(C[C@H]1CN(C(=O)OC(C)(C)C)C[C@@H]1Cc1ccccc1)c1ccc(Cl)cc1. The standard InChI is InChI=1S/C32H38ClN3O3/c1-23(37)34-30-13-9-8-12-25(30)19-35(29-16-14-28(33)15-17-29)21-27-22-36(31(38)39-32(2,3)4)20-26(27)18-24-10-6-5-7-11-24/h5-17,26-27H,18-22H2,1-4H3,(H,34,37)/t26-,27-/m0/s1. The summed E-state index contributed by atoms with van der Waals surface area (Å²) in [4.78, 5) is 29.1. The second-order valence-corrected chi connectivity index (χ2v) is 11.7. The molecule has 0 unspecified atom stereocenters. The number of hydrogen-bond donors (Lipinski definition) is 1. The van der Waals surface area contributed by atoms with Gasteiger partial charge in [0.1, 0.15) is 5.60 Å². The molecule has 0 radical (unpaired) electrons. The third-order valence-electron chi connectivity index (χ3n) is 6.90. The summed E-state index contributed by atoms with van der Waals surface area (Å²) in [6, 6.07) is 26.1. The van der Waals surface area contributed by atoms with E-state index in [1.807, 2.05) is 80.3 Å². The van der Waals surface area contributed by atoms with Crippen LogP contribution >= 0.6 is 11.6 Å². The van der Waals surface area contributed by atoms with E-state index in [0.29, 0.717) is 24.7 Å². The Labute approximate surface area is 236 Å². The lowest BCUT2D eigenvalue weighted by molar-refractivity contribution is -0.114. The molecular formula is C32H38ClN3O3. The van der Waals surface area contributed by atoms with Gasteiger partial charge in [0.15, 0.2) is 0 Å². The molecule has 3 aromatic carbocycles. The van der Waals surface area contributed by atoms with Crippen molar-refractivity contribution >= 4 is 35.0 Å². The number of halogens is 1. The lowest BCUT2D eigenvalue weighted by Crippen LogP contribution is -2.36. The Hall–Kier alpha value is -3.51. The smallest absolute Gasteiger partial charge is 0.410 e. The number of carbonyl (C=O) groups excluding carboxylic acids is 2. The van der Waals surface area contributed by atoms with Gasteiger partial charge in [-0.15, -0.1) is 0 Å². The number of nitrogens with zero attached hydrogens (tertiary/aromatic N) is 2. The number of likely N-dealkylation sites (tertiary alicyclic amines) is 1. The van der Waals surface area contributed by atoms with Crippen LogP contribution in [-0.2, 0) is 22.5 Å². The molecule has 0 aromatic heterocycles. The number of nitrogens with one attached hydrogen (secondary N) is 1. The van der Waals surface area contributed by atoms with Crippen molar-refractivity contribution in [3.63, 3.8) is 0 Å². The molecule has 3 aromatic rings. The van der Waals surface area contributed by atoms with E-state index in [4.69, 9.17) is 16.3 Å². The molecule has 1 N–H and O–H groups in total. The Kier molecular flexibility index (Phi) is 9.18. The topological polar surface area (TPSA) is 61.9 Å². The molecule has 2 amide bonds. The zero-order valence-electron chi connectivity index (χ0n) is 23.2. The molecule has 0 spiro atoms. The van der Waals surface area contributed by atoms with Crippen LogP contribution in [0.4, 0.5) is 16.2 Å². The highest BCUT2D eigenvalue weighted by Gasteiger charge is 2.38. The van der Waals surface area contributed by atoms with Crippen molar-refractivity contribution < 1.29 is 14.3 Å². The van der Waals surface area contributed by atoms with Crippen molar-refractivity contribution in [2.45, 2.75) is 46.3 Å². The monoisotopic (exact) mass is 547 g/mol. The second kappa shape index (κ2) is 12.6. The molecule has 0 aliphatic carbocycles. The minimum absolute atomic E-state index is 0.104. The maximum absolute atomic E-state index is 13.1. The van der Waals surface area contributed by atoms with Crippen LogP contribution < -0.4 is 10.2 Å². The quantitative estimate of drug-likeness (QED) is 0.329. The fourth-order valence-corrected chi connectivity index (χ4v) is 5.27. The van der Waals surface area contributed by atoms with Gasteiger partial charge in [-0.05, 0) is 80.5 Å². The highest BCUT2D eigenvalue weighted by molar-refractivity contribution is 6.30. The zero-order valence-corrected chi connectivity index (χ0v) is 23.9. The normalized spacial score (nSPS) is 17.1. The fourth-order valence-electron chi connectivity index (χ4n) is 5.14. The van der Waals surface area contributed by atoms with Crippen molar-refractivity contribution in [1.29, 1.82) is 0 Å². The van der Waals surface area contributed by atoms with E-state index in [9.17, 15) is 9.59 Å². The summed E-state index contributed by atoms with van der Waals surface area (Å²) in [6.45, 7) is 9.80. The van der Waals surface area contributed by atoms with Gasteiger partial charge < -0.3 is 19.9 Å². The summed E-state index contributed by atoms with van der Waals surface area (Å²) in [5.74, 6) is 0.369. The third kappa shape index (κ3) is 8.24. The number of benzene rings is 3. The number of anilines is 2. The van der Waals surface area contributed by atoms with E-state index >= 15 is 0 Å². The molecule has 0 saturated carbocycles. The van der Waals surface area contributed by atoms with Crippen LogP contribution in [0.25, 0.3) is 0 Å². The Bertz CT molecular complexity index is 1260. The number of para-hydroxylation sites is 1. The van der Waals surface area contributed by atoms with Crippen LogP contribution in [0.1, 0.15) is 38.8 Å². The van der Waals surface area contributed by atoms with E-state index < -0.39 is 5.60 Å². The predicted molar refractivity (Wildman–Crippen MR) is 158 cm³/mol. The van der Waals surface area contributed by atoms with Gasteiger partial charge in [-0.3, -0.25) is 4.79 Å². The van der Waals surface area contributed by atoms with Gasteiger partial charge in [-0.25, -0.2) is 4.79 Å². The Balaban J connectivity index is 1.63. The molecule has 1 saturated heterocycles. The van der Waals surface area contributed by atoms with Crippen LogP contribution in [0, 0.1) is 11.8 Å². The first-order chi connectivity index (χ1) is 18.6. The lowest BCUT2D eigenvalue weighted by Gasteiger charge is -2.31. The summed E-state index contributed by atoms with van der Waals surface area (Å²) < 4.78 is 5.74. The van der Waals surface area contributed by atoms with Crippen molar-refractivity contribution in [1.82, 2.24) is 4.90 Å². The molecule has 0 bridgehead atoms. The first kappa shape index (κ1) is 28.5. The van der Waals surface area contributed by atoms with Crippen LogP contribution in [0.15, 0.2) is 78.9 Å². The number of carbonyl (C=O) groups is 2. The van der Waals surface area contributed by atoms with Gasteiger partial charge in [-0.2, -0.15) is 0 Å². The summed E-state index contributed by atoms with van der Waals surface area (Å²) in [7, 11) is 0. The summed E-state index contributed by atoms with van der Waals surface area (Å²) in [6.07, 6.45) is 0.610. The van der Waals surface area contributed by atoms with Gasteiger partial charge in [0.2, 0.25) is 5.91 Å². The van der Waals surface area contributed by atoms with E-state index in [0.717, 1.165) is 29.9 Å². The zero-order chi connectivity index (χ0) is 28.0. The van der Waals surface area contributed by atoms with Gasteiger partial charge in [0.25, 0.3) is 0 Å². The highest BCUT2D eigenvalue weighted by Crippen LogP contribution is 2.32. The van der Waals surface area contributed by atoms with Crippen LogP contribution in [0.3, 0.4) is 0 Å². The first-order valence-corrected chi connectivity index (χ1v) is 13.8. The number of amides is 2. The van der Waals surface area contributed by atoms with E-state index in [2.05, 4.69) is 34.5 Å². The van der Waals surface area contributed by atoms with Gasteiger partial charge in [0.05, 0.1) is 0 Å². The molecule has 1 aliphatic heterocycles. The molecule has 206 valence electrons. The van der Waals surface area contributed by atoms with E-state index in [1.54, 1.807) is 0 Å². The maximum atomic E-state index is 13.1. The minimum atomic E-state index is -0.549. The fraction of sp³-hybridized carbons (Fsp3) is 0.375. The maximum Gasteiger partial charge on any atom is 0.410 e. The predicted octanol–water partition coefficient (Wildman–Crippen LogP) is 7.03. The number of ether oxygens (including phenoxy) is 1. The Morgan fingerprint density at radius 1 is 0.949 bits per heavy atom. The Morgan fingerprint density at radius 2 is 1.59 bits per heavy atom. The van der Waals surface area contributed by atoms with Crippen molar-refractivity contribution in [2.24, 2.45) is 11.8 Å². The van der Waals surface area contributed by atoms with Gasteiger partial charge >= 0.3 is 6.09 Å². The van der Waals surface area contributed by atoms with Crippen LogP contribution in [0.2, 0.25) is 5.02 Å². The number of hydrogen-bond acceptors (Lipinski definition) is 4.